The molecular weight excluding hydrogens is 273 g/mol. The van der Waals surface area contributed by atoms with Crippen LogP contribution in [0.25, 0.3) is 0 Å². The topological polar surface area (TPSA) is 58.4 Å². The Morgan fingerprint density at radius 2 is 2.10 bits per heavy atom. The van der Waals surface area contributed by atoms with Crippen LogP contribution in [-0.4, -0.2) is 36.0 Å². The first kappa shape index (κ1) is 15.9. The SMILES string of the molecule is CCC(C)[C@@H](c1ccc(F)c([N+](=O)[O-])c1)N1CCNCC1. The summed E-state index contributed by atoms with van der Waals surface area (Å²) in [5.74, 6) is -0.417. The van der Waals surface area contributed by atoms with Crippen molar-refractivity contribution in [2.45, 2.75) is 26.3 Å². The van der Waals surface area contributed by atoms with Crippen LogP contribution in [0.5, 0.6) is 0 Å². The lowest BCUT2D eigenvalue weighted by Gasteiger charge is -2.38. The van der Waals surface area contributed by atoms with Gasteiger partial charge in [-0.1, -0.05) is 26.3 Å². The number of nitrogens with zero attached hydrogens (tertiary/aromatic N) is 2. The second kappa shape index (κ2) is 6.95. The molecule has 0 radical (unpaired) electrons. The quantitative estimate of drug-likeness (QED) is 0.670. The first-order chi connectivity index (χ1) is 10.0. The van der Waals surface area contributed by atoms with Crippen LogP contribution in [0.15, 0.2) is 18.2 Å². The number of halogens is 1. The molecule has 1 aliphatic heterocycles. The molecule has 1 aromatic carbocycles. The van der Waals surface area contributed by atoms with Crippen molar-refractivity contribution in [3.05, 3.63) is 39.7 Å². The van der Waals surface area contributed by atoms with Crippen molar-refractivity contribution < 1.29 is 9.31 Å². The highest BCUT2D eigenvalue weighted by atomic mass is 19.1. The average molecular weight is 295 g/mol. The van der Waals surface area contributed by atoms with E-state index in [1.807, 2.05) is 0 Å². The van der Waals surface area contributed by atoms with E-state index in [-0.39, 0.29) is 6.04 Å². The zero-order chi connectivity index (χ0) is 15.4. The molecule has 6 heteroatoms. The van der Waals surface area contributed by atoms with E-state index < -0.39 is 16.4 Å². The number of rotatable bonds is 5. The standard InChI is InChI=1S/C15H22FN3O2/c1-3-11(2)15(18-8-6-17-7-9-18)12-4-5-13(16)14(10-12)19(20)21/h4-5,10-11,15,17H,3,6-9H2,1-2H3/t11?,15-/m0/s1. The van der Waals surface area contributed by atoms with Crippen molar-refractivity contribution in [3.63, 3.8) is 0 Å². The second-order valence-electron chi connectivity index (χ2n) is 5.58. The summed E-state index contributed by atoms with van der Waals surface area (Å²) in [6.45, 7) is 7.88. The van der Waals surface area contributed by atoms with Crippen LogP contribution in [0, 0.1) is 21.8 Å². The fraction of sp³-hybridized carbons (Fsp3) is 0.600. The van der Waals surface area contributed by atoms with Crippen molar-refractivity contribution in [2.24, 2.45) is 5.92 Å². The molecule has 1 aliphatic rings. The summed E-state index contributed by atoms with van der Waals surface area (Å²) in [7, 11) is 0. The maximum absolute atomic E-state index is 13.5. The molecule has 21 heavy (non-hydrogen) atoms. The normalized spacial score (nSPS) is 19.2. The number of benzene rings is 1. The van der Waals surface area contributed by atoms with Gasteiger partial charge >= 0.3 is 5.69 Å². The number of piperazine rings is 1. The minimum Gasteiger partial charge on any atom is -0.314 e. The third-order valence-corrected chi connectivity index (χ3v) is 4.24. The van der Waals surface area contributed by atoms with Crippen LogP contribution in [0.1, 0.15) is 31.9 Å². The lowest BCUT2D eigenvalue weighted by atomic mass is 9.90. The Kier molecular flexibility index (Phi) is 5.25. The van der Waals surface area contributed by atoms with E-state index in [1.54, 1.807) is 6.07 Å². The Morgan fingerprint density at radius 1 is 1.43 bits per heavy atom. The molecule has 0 saturated carbocycles. The van der Waals surface area contributed by atoms with E-state index in [2.05, 4.69) is 24.1 Å². The van der Waals surface area contributed by atoms with Gasteiger partial charge in [0.15, 0.2) is 0 Å². The molecule has 1 aromatic rings. The molecule has 1 saturated heterocycles. The van der Waals surface area contributed by atoms with Crippen LogP contribution < -0.4 is 5.32 Å². The third kappa shape index (κ3) is 3.57. The van der Waals surface area contributed by atoms with E-state index in [0.717, 1.165) is 38.2 Å². The molecular formula is C15H22FN3O2. The molecule has 2 rings (SSSR count). The minimum absolute atomic E-state index is 0.0939. The highest BCUT2D eigenvalue weighted by molar-refractivity contribution is 5.37. The molecule has 1 fully saturated rings. The van der Waals surface area contributed by atoms with Crippen LogP contribution >= 0.6 is 0 Å². The van der Waals surface area contributed by atoms with Crippen molar-refractivity contribution >= 4 is 5.69 Å². The van der Waals surface area contributed by atoms with Crippen LogP contribution in [0.4, 0.5) is 10.1 Å². The summed E-state index contributed by atoms with van der Waals surface area (Å²) in [6.07, 6.45) is 0.972. The van der Waals surface area contributed by atoms with Crippen molar-refractivity contribution in [3.8, 4) is 0 Å². The molecule has 0 bridgehead atoms. The van der Waals surface area contributed by atoms with Gasteiger partial charge in [0, 0.05) is 38.3 Å². The molecule has 2 atom stereocenters. The molecule has 5 nitrogen and oxygen atoms in total. The van der Waals surface area contributed by atoms with Gasteiger partial charge < -0.3 is 5.32 Å². The van der Waals surface area contributed by atoms with Gasteiger partial charge in [0.25, 0.3) is 0 Å². The molecule has 0 spiro atoms. The van der Waals surface area contributed by atoms with Crippen LogP contribution in [0.3, 0.4) is 0 Å². The molecule has 116 valence electrons. The number of nitrogens with one attached hydrogen (secondary N) is 1. The molecule has 1 unspecified atom stereocenters. The number of nitro benzene ring substituents is 1. The van der Waals surface area contributed by atoms with E-state index in [1.165, 1.54) is 12.1 Å². The van der Waals surface area contributed by atoms with Gasteiger partial charge in [0.1, 0.15) is 0 Å². The maximum atomic E-state index is 13.5. The summed E-state index contributed by atoms with van der Waals surface area (Å²) in [5, 5.41) is 14.3. The van der Waals surface area contributed by atoms with E-state index >= 15 is 0 Å². The molecule has 0 aromatic heterocycles. The van der Waals surface area contributed by atoms with Gasteiger partial charge in [-0.3, -0.25) is 15.0 Å². The monoisotopic (exact) mass is 295 g/mol. The summed E-state index contributed by atoms with van der Waals surface area (Å²) in [4.78, 5) is 12.6. The van der Waals surface area contributed by atoms with E-state index in [0.29, 0.717) is 5.92 Å². The van der Waals surface area contributed by atoms with E-state index in [4.69, 9.17) is 0 Å². The molecule has 0 aliphatic carbocycles. The highest BCUT2D eigenvalue weighted by Crippen LogP contribution is 2.33. The summed E-state index contributed by atoms with van der Waals surface area (Å²) in [6, 6.07) is 4.39. The predicted molar refractivity (Wildman–Crippen MR) is 79.7 cm³/mol. The van der Waals surface area contributed by atoms with Crippen molar-refractivity contribution in [1.29, 1.82) is 0 Å². The first-order valence-corrected chi connectivity index (χ1v) is 7.43. The molecule has 1 N–H and O–H groups in total. The van der Waals surface area contributed by atoms with Crippen LogP contribution in [0.2, 0.25) is 0 Å². The van der Waals surface area contributed by atoms with Gasteiger partial charge in [-0.25, -0.2) is 0 Å². The second-order valence-corrected chi connectivity index (χ2v) is 5.58. The van der Waals surface area contributed by atoms with Crippen molar-refractivity contribution in [1.82, 2.24) is 10.2 Å². The molecule has 1 heterocycles. The fourth-order valence-electron chi connectivity index (χ4n) is 2.94. The zero-order valence-corrected chi connectivity index (χ0v) is 12.5. The Morgan fingerprint density at radius 3 is 2.67 bits per heavy atom. The highest BCUT2D eigenvalue weighted by Gasteiger charge is 2.28. The van der Waals surface area contributed by atoms with Gasteiger partial charge in [0.05, 0.1) is 4.92 Å². The summed E-state index contributed by atoms with van der Waals surface area (Å²) in [5.41, 5.74) is 0.398. The Hall–Kier alpha value is -1.53. The number of nitro groups is 1. The Balaban J connectivity index is 2.36. The Bertz CT molecular complexity index is 504. The number of hydrogen-bond donors (Lipinski definition) is 1. The zero-order valence-electron chi connectivity index (χ0n) is 12.5. The van der Waals surface area contributed by atoms with Gasteiger partial charge in [0.2, 0.25) is 5.82 Å². The summed E-state index contributed by atoms with van der Waals surface area (Å²) >= 11 is 0. The first-order valence-electron chi connectivity index (χ1n) is 7.43. The van der Waals surface area contributed by atoms with Gasteiger partial charge in [-0.15, -0.1) is 0 Å². The van der Waals surface area contributed by atoms with Crippen LogP contribution in [-0.2, 0) is 0 Å². The largest absolute Gasteiger partial charge is 0.314 e. The predicted octanol–water partition coefficient (Wildman–Crippen LogP) is 2.73. The minimum atomic E-state index is -0.771. The smallest absolute Gasteiger partial charge is 0.305 e. The fourth-order valence-corrected chi connectivity index (χ4v) is 2.94. The third-order valence-electron chi connectivity index (χ3n) is 4.24. The summed E-state index contributed by atoms with van der Waals surface area (Å²) < 4.78 is 13.5. The van der Waals surface area contributed by atoms with Crippen molar-refractivity contribution in [2.75, 3.05) is 26.2 Å². The maximum Gasteiger partial charge on any atom is 0.305 e. The lowest BCUT2D eigenvalue weighted by Crippen LogP contribution is -2.46. The van der Waals surface area contributed by atoms with Gasteiger partial charge in [-0.05, 0) is 17.5 Å². The average Bonchev–Trinajstić information content (AvgIpc) is 2.49. The number of hydrogen-bond acceptors (Lipinski definition) is 4. The molecule has 0 amide bonds. The van der Waals surface area contributed by atoms with E-state index in [9.17, 15) is 14.5 Å². The Labute approximate surface area is 124 Å². The van der Waals surface area contributed by atoms with Gasteiger partial charge in [-0.2, -0.15) is 4.39 Å². The lowest BCUT2D eigenvalue weighted by molar-refractivity contribution is -0.387.